The van der Waals surface area contributed by atoms with Crippen LogP contribution in [0.2, 0.25) is 0 Å². The maximum Gasteiger partial charge on any atom is 0.0765 e. The van der Waals surface area contributed by atoms with Gasteiger partial charge in [0.15, 0.2) is 0 Å². The zero-order valence-electron chi connectivity index (χ0n) is 7.82. The third-order valence-electron chi connectivity index (χ3n) is 1.99. The largest absolute Gasteiger partial charge is 0.350 e. The number of anilines is 1. The van der Waals surface area contributed by atoms with Gasteiger partial charge in [0, 0.05) is 28.9 Å². The average Bonchev–Trinajstić information content (AvgIpc) is 2.18. The molecule has 0 spiro atoms. The summed E-state index contributed by atoms with van der Waals surface area (Å²) < 4.78 is 0. The van der Waals surface area contributed by atoms with Gasteiger partial charge in [0.1, 0.15) is 0 Å². The molecule has 0 aliphatic carbocycles. The molecular formula is C11H10N2S. The molecular weight excluding hydrogens is 192 g/mol. The Bertz CT molecular complexity index is 474. The van der Waals surface area contributed by atoms with Gasteiger partial charge in [-0.3, -0.25) is 4.98 Å². The SMILES string of the molecule is CC(=S)Nc1cccc2cnccc12. The molecule has 70 valence electrons. The second kappa shape index (κ2) is 3.72. The summed E-state index contributed by atoms with van der Waals surface area (Å²) in [5.74, 6) is 0. The predicted octanol–water partition coefficient (Wildman–Crippen LogP) is 2.99. The molecule has 2 aromatic rings. The quantitative estimate of drug-likeness (QED) is 0.719. The molecule has 0 radical (unpaired) electrons. The van der Waals surface area contributed by atoms with Gasteiger partial charge in [0.25, 0.3) is 0 Å². The van der Waals surface area contributed by atoms with E-state index in [-0.39, 0.29) is 0 Å². The molecule has 0 unspecified atom stereocenters. The third kappa shape index (κ3) is 1.72. The summed E-state index contributed by atoms with van der Waals surface area (Å²) in [6.07, 6.45) is 3.63. The van der Waals surface area contributed by atoms with Crippen LogP contribution in [0.3, 0.4) is 0 Å². The predicted molar refractivity (Wildman–Crippen MR) is 63.6 cm³/mol. The van der Waals surface area contributed by atoms with Crippen molar-refractivity contribution < 1.29 is 0 Å². The summed E-state index contributed by atoms with van der Waals surface area (Å²) in [5, 5.41) is 5.42. The number of thiocarbonyl (C=S) groups is 1. The molecule has 2 nitrogen and oxygen atoms in total. The number of nitrogens with zero attached hydrogens (tertiary/aromatic N) is 1. The summed E-state index contributed by atoms with van der Waals surface area (Å²) in [6, 6.07) is 8.02. The van der Waals surface area contributed by atoms with E-state index < -0.39 is 0 Å². The van der Waals surface area contributed by atoms with E-state index in [0.717, 1.165) is 21.4 Å². The number of pyridine rings is 1. The van der Waals surface area contributed by atoms with Crippen LogP contribution in [0.25, 0.3) is 10.8 Å². The standard InChI is InChI=1S/C11H10N2S/c1-8(14)13-11-4-2-3-9-7-12-6-5-10(9)11/h2-7H,1H3,(H,13,14). The molecule has 1 N–H and O–H groups in total. The van der Waals surface area contributed by atoms with Gasteiger partial charge in [-0.05, 0) is 19.1 Å². The van der Waals surface area contributed by atoms with E-state index in [9.17, 15) is 0 Å². The van der Waals surface area contributed by atoms with E-state index >= 15 is 0 Å². The van der Waals surface area contributed by atoms with Crippen LogP contribution in [0.5, 0.6) is 0 Å². The highest BCUT2D eigenvalue weighted by Gasteiger charge is 1.99. The summed E-state index contributed by atoms with van der Waals surface area (Å²) in [7, 11) is 0. The van der Waals surface area contributed by atoms with E-state index in [1.165, 1.54) is 0 Å². The number of rotatable bonds is 1. The molecule has 0 aliphatic heterocycles. The highest BCUT2D eigenvalue weighted by molar-refractivity contribution is 7.80. The monoisotopic (exact) mass is 202 g/mol. The fraction of sp³-hybridized carbons (Fsp3) is 0.0909. The third-order valence-corrected chi connectivity index (χ3v) is 2.09. The molecule has 3 heteroatoms. The normalized spacial score (nSPS) is 10.1. The Kier molecular flexibility index (Phi) is 2.41. The van der Waals surface area contributed by atoms with Crippen molar-refractivity contribution in [2.45, 2.75) is 6.92 Å². The van der Waals surface area contributed by atoms with Crippen molar-refractivity contribution in [3.8, 4) is 0 Å². The molecule has 1 heterocycles. The molecule has 1 aromatic carbocycles. The average molecular weight is 202 g/mol. The maximum absolute atomic E-state index is 5.01. The van der Waals surface area contributed by atoms with Crippen LogP contribution in [0, 0.1) is 0 Å². The van der Waals surface area contributed by atoms with Crippen molar-refractivity contribution in [2.24, 2.45) is 0 Å². The van der Waals surface area contributed by atoms with Crippen LogP contribution >= 0.6 is 12.2 Å². The minimum absolute atomic E-state index is 0.773. The molecule has 0 fully saturated rings. The van der Waals surface area contributed by atoms with Crippen molar-refractivity contribution in [1.29, 1.82) is 0 Å². The van der Waals surface area contributed by atoms with Gasteiger partial charge in [-0.25, -0.2) is 0 Å². The van der Waals surface area contributed by atoms with E-state index in [1.807, 2.05) is 37.4 Å². The zero-order chi connectivity index (χ0) is 9.97. The Balaban J connectivity index is 2.59. The Labute approximate surface area is 88.0 Å². The number of fused-ring (bicyclic) bond motifs is 1. The lowest BCUT2D eigenvalue weighted by Crippen LogP contribution is -2.03. The van der Waals surface area contributed by atoms with Gasteiger partial charge in [-0.2, -0.15) is 0 Å². The molecule has 0 aliphatic rings. The van der Waals surface area contributed by atoms with E-state index in [2.05, 4.69) is 10.3 Å². The Morgan fingerprint density at radius 3 is 3.00 bits per heavy atom. The van der Waals surface area contributed by atoms with Crippen LogP contribution in [0.15, 0.2) is 36.7 Å². The summed E-state index contributed by atoms with van der Waals surface area (Å²) in [5.41, 5.74) is 1.04. The minimum Gasteiger partial charge on any atom is -0.350 e. The number of aromatic nitrogens is 1. The van der Waals surface area contributed by atoms with Crippen molar-refractivity contribution in [2.75, 3.05) is 5.32 Å². The highest BCUT2D eigenvalue weighted by atomic mass is 32.1. The highest BCUT2D eigenvalue weighted by Crippen LogP contribution is 2.21. The first kappa shape index (κ1) is 9.09. The lowest BCUT2D eigenvalue weighted by Gasteiger charge is -2.07. The molecule has 1 aromatic heterocycles. The second-order valence-electron chi connectivity index (χ2n) is 3.08. The molecule has 2 rings (SSSR count). The zero-order valence-corrected chi connectivity index (χ0v) is 8.64. The topological polar surface area (TPSA) is 24.9 Å². The fourth-order valence-corrected chi connectivity index (χ4v) is 1.53. The van der Waals surface area contributed by atoms with Gasteiger partial charge in [0.05, 0.1) is 4.99 Å². The molecule has 0 atom stereocenters. The second-order valence-corrected chi connectivity index (χ2v) is 3.70. The number of hydrogen-bond acceptors (Lipinski definition) is 2. The Hall–Kier alpha value is -1.48. The molecule has 14 heavy (non-hydrogen) atoms. The van der Waals surface area contributed by atoms with E-state index in [0.29, 0.717) is 0 Å². The first-order valence-electron chi connectivity index (χ1n) is 4.38. The van der Waals surface area contributed by atoms with Crippen LogP contribution in [0.4, 0.5) is 5.69 Å². The van der Waals surface area contributed by atoms with Crippen molar-refractivity contribution in [3.05, 3.63) is 36.7 Å². The van der Waals surface area contributed by atoms with Crippen LogP contribution in [-0.2, 0) is 0 Å². The number of hydrogen-bond donors (Lipinski definition) is 1. The van der Waals surface area contributed by atoms with Gasteiger partial charge in [-0.1, -0.05) is 24.4 Å². The summed E-state index contributed by atoms with van der Waals surface area (Å²) in [6.45, 7) is 1.87. The first-order chi connectivity index (χ1) is 6.77. The van der Waals surface area contributed by atoms with Crippen molar-refractivity contribution in [1.82, 2.24) is 4.98 Å². The van der Waals surface area contributed by atoms with Crippen molar-refractivity contribution in [3.63, 3.8) is 0 Å². The van der Waals surface area contributed by atoms with Crippen LogP contribution in [0.1, 0.15) is 6.92 Å². The van der Waals surface area contributed by atoms with Gasteiger partial charge < -0.3 is 5.32 Å². The van der Waals surface area contributed by atoms with Crippen molar-refractivity contribution >= 4 is 33.7 Å². The molecule has 0 amide bonds. The summed E-state index contributed by atoms with van der Waals surface area (Å²) in [4.78, 5) is 4.85. The first-order valence-corrected chi connectivity index (χ1v) is 4.78. The number of benzene rings is 1. The van der Waals surface area contributed by atoms with Gasteiger partial charge >= 0.3 is 0 Å². The van der Waals surface area contributed by atoms with E-state index in [1.54, 1.807) is 6.20 Å². The smallest absolute Gasteiger partial charge is 0.0765 e. The Morgan fingerprint density at radius 2 is 2.21 bits per heavy atom. The molecule has 0 bridgehead atoms. The van der Waals surface area contributed by atoms with E-state index in [4.69, 9.17) is 12.2 Å². The fourth-order valence-electron chi connectivity index (χ4n) is 1.42. The summed E-state index contributed by atoms with van der Waals surface area (Å²) >= 11 is 5.01. The number of nitrogens with one attached hydrogen (secondary N) is 1. The lowest BCUT2D eigenvalue weighted by atomic mass is 10.1. The maximum atomic E-state index is 5.01. The van der Waals surface area contributed by atoms with Gasteiger partial charge in [0.2, 0.25) is 0 Å². The van der Waals surface area contributed by atoms with Crippen LogP contribution in [-0.4, -0.2) is 9.97 Å². The lowest BCUT2D eigenvalue weighted by molar-refractivity contribution is 1.36. The minimum atomic E-state index is 0.773. The van der Waals surface area contributed by atoms with Crippen LogP contribution < -0.4 is 5.32 Å². The van der Waals surface area contributed by atoms with Gasteiger partial charge in [-0.15, -0.1) is 0 Å². The Morgan fingerprint density at radius 1 is 1.36 bits per heavy atom. The molecule has 0 saturated carbocycles. The molecule has 0 saturated heterocycles.